The van der Waals surface area contributed by atoms with Gasteiger partial charge in [-0.25, -0.2) is 15.0 Å². The van der Waals surface area contributed by atoms with Crippen LogP contribution in [0.25, 0.3) is 17.2 Å². The molecular weight excluding hydrogens is 394 g/mol. The maximum atomic E-state index is 12.4. The largest absolute Gasteiger partial charge is 0.350 e. The lowest BCUT2D eigenvalue weighted by atomic mass is 10.1. The standard InChI is InChI=1S/C21H19N9O/c1-12-13-11-29(28-12)6-2-4-17(31)24-10-16-20(30-7-3-5-22-21(30)27-16)15-9-23-14-8-25-18(13)19(14)26-15/h3,5,7,9,11H,2,4,6,8,10H2,1H3,(H,24,31). The zero-order chi connectivity index (χ0) is 20.9. The Kier molecular flexibility index (Phi) is 3.92. The second kappa shape index (κ2) is 6.79. The summed E-state index contributed by atoms with van der Waals surface area (Å²) in [6.45, 7) is 3.42. The third-order valence-corrected chi connectivity index (χ3v) is 5.62. The van der Waals surface area contributed by atoms with Gasteiger partial charge in [-0.2, -0.15) is 5.10 Å². The van der Waals surface area contributed by atoms with Gasteiger partial charge < -0.3 is 5.32 Å². The van der Waals surface area contributed by atoms with Crippen LogP contribution in [-0.4, -0.2) is 45.7 Å². The molecule has 0 fully saturated rings. The molecule has 6 heterocycles. The fourth-order valence-corrected chi connectivity index (χ4v) is 4.14. The molecule has 4 bridgehead atoms. The second-order valence-corrected chi connectivity index (χ2v) is 7.68. The number of aryl methyl sites for hydroxylation is 2. The fourth-order valence-electron chi connectivity index (χ4n) is 4.14. The topological polar surface area (TPSA) is 115 Å². The summed E-state index contributed by atoms with van der Waals surface area (Å²) in [5.41, 5.74) is 6.39. The van der Waals surface area contributed by atoms with Crippen molar-refractivity contribution in [1.82, 2.24) is 39.4 Å². The van der Waals surface area contributed by atoms with E-state index in [1.807, 2.05) is 34.5 Å². The van der Waals surface area contributed by atoms with Crippen molar-refractivity contribution in [3.63, 3.8) is 0 Å². The first kappa shape index (κ1) is 17.9. The Labute approximate surface area is 177 Å². The summed E-state index contributed by atoms with van der Waals surface area (Å²) in [5, 5.41) is 7.59. The zero-order valence-corrected chi connectivity index (χ0v) is 16.9. The number of amides is 1. The first-order valence-electron chi connectivity index (χ1n) is 10.2. The minimum atomic E-state index is -0.0274. The molecule has 10 heteroatoms. The van der Waals surface area contributed by atoms with Crippen LogP contribution in [0.5, 0.6) is 0 Å². The third-order valence-electron chi connectivity index (χ3n) is 5.62. The molecule has 10 nitrogen and oxygen atoms in total. The molecule has 4 aromatic heterocycles. The maximum Gasteiger partial charge on any atom is 0.234 e. The van der Waals surface area contributed by atoms with Gasteiger partial charge in [0.1, 0.15) is 11.4 Å². The second-order valence-electron chi connectivity index (χ2n) is 7.68. The molecule has 1 amide bonds. The van der Waals surface area contributed by atoms with Gasteiger partial charge in [0, 0.05) is 37.1 Å². The molecule has 4 aromatic rings. The molecule has 0 saturated heterocycles. The van der Waals surface area contributed by atoms with Gasteiger partial charge in [-0.15, -0.1) is 0 Å². The zero-order valence-electron chi connectivity index (χ0n) is 16.9. The molecule has 0 atom stereocenters. The van der Waals surface area contributed by atoms with E-state index in [1.165, 1.54) is 0 Å². The Bertz CT molecular complexity index is 1380. The van der Waals surface area contributed by atoms with Gasteiger partial charge >= 0.3 is 0 Å². The van der Waals surface area contributed by atoms with E-state index in [1.54, 1.807) is 12.4 Å². The Morgan fingerprint density at radius 2 is 2.10 bits per heavy atom. The Hall–Kier alpha value is -3.95. The van der Waals surface area contributed by atoms with Crippen LogP contribution in [0.1, 0.15) is 41.2 Å². The molecule has 154 valence electrons. The molecule has 0 radical (unpaired) electrons. The van der Waals surface area contributed by atoms with Gasteiger partial charge in [0.2, 0.25) is 11.7 Å². The summed E-state index contributed by atoms with van der Waals surface area (Å²) >= 11 is 0. The lowest BCUT2D eigenvalue weighted by molar-refractivity contribution is -0.121. The monoisotopic (exact) mass is 413 g/mol. The highest BCUT2D eigenvalue weighted by Crippen LogP contribution is 2.27. The van der Waals surface area contributed by atoms with Crippen molar-refractivity contribution in [2.45, 2.75) is 39.4 Å². The number of carbonyl (C=O) groups is 1. The number of rotatable bonds is 0. The van der Waals surface area contributed by atoms with Crippen molar-refractivity contribution >= 4 is 17.4 Å². The molecule has 6 rings (SSSR count). The van der Waals surface area contributed by atoms with Crippen molar-refractivity contribution in [2.24, 2.45) is 4.99 Å². The molecule has 2 aliphatic heterocycles. The van der Waals surface area contributed by atoms with E-state index < -0.39 is 0 Å². The number of aromatic nitrogens is 7. The third kappa shape index (κ3) is 2.90. The number of aliphatic imine (C=N–C) groups is 1. The van der Waals surface area contributed by atoms with Crippen molar-refractivity contribution in [3.8, 4) is 11.4 Å². The van der Waals surface area contributed by atoms with E-state index in [2.05, 4.69) is 25.4 Å². The van der Waals surface area contributed by atoms with Gasteiger partial charge in [-0.1, -0.05) is 0 Å². The van der Waals surface area contributed by atoms with Crippen molar-refractivity contribution in [3.05, 3.63) is 59.2 Å². The van der Waals surface area contributed by atoms with Crippen LogP contribution in [-0.2, 0) is 24.4 Å². The van der Waals surface area contributed by atoms with E-state index in [0.717, 1.165) is 34.1 Å². The van der Waals surface area contributed by atoms with E-state index in [-0.39, 0.29) is 5.91 Å². The quantitative estimate of drug-likeness (QED) is 0.467. The van der Waals surface area contributed by atoms with Gasteiger partial charge in [0.15, 0.2) is 0 Å². The number of hydrogen-bond donors (Lipinski definition) is 1. The molecule has 0 aliphatic carbocycles. The molecule has 0 unspecified atom stereocenters. The summed E-state index contributed by atoms with van der Waals surface area (Å²) in [5.74, 6) is 0.525. The number of fused-ring (bicyclic) bond motifs is 8. The van der Waals surface area contributed by atoms with Crippen molar-refractivity contribution < 1.29 is 4.79 Å². The number of nitrogens with one attached hydrogen (secondary N) is 1. The molecule has 2 aliphatic rings. The van der Waals surface area contributed by atoms with E-state index in [9.17, 15) is 4.79 Å². The van der Waals surface area contributed by atoms with Gasteiger partial charge in [-0.05, 0) is 19.4 Å². The number of carbonyl (C=O) groups excluding carboxylic acids is 1. The lowest BCUT2D eigenvalue weighted by Crippen LogP contribution is -2.23. The molecule has 31 heavy (non-hydrogen) atoms. The molecule has 1 N–H and O–H groups in total. The highest BCUT2D eigenvalue weighted by Gasteiger charge is 2.26. The van der Waals surface area contributed by atoms with Gasteiger partial charge in [-0.3, -0.25) is 23.9 Å². The molecule has 0 saturated carbocycles. The highest BCUT2D eigenvalue weighted by molar-refractivity contribution is 6.14. The summed E-state index contributed by atoms with van der Waals surface area (Å²) in [6, 6.07) is 1.84. The summed E-state index contributed by atoms with van der Waals surface area (Å²) in [6.07, 6.45) is 8.42. The van der Waals surface area contributed by atoms with Crippen LogP contribution < -0.4 is 5.32 Å². The normalized spacial score (nSPS) is 15.8. The summed E-state index contributed by atoms with van der Waals surface area (Å²) < 4.78 is 3.76. The molecule has 0 aromatic carbocycles. The highest BCUT2D eigenvalue weighted by atomic mass is 16.1. The average Bonchev–Trinajstić information content (AvgIpc) is 3.45. The van der Waals surface area contributed by atoms with Crippen LogP contribution in [0.4, 0.5) is 0 Å². The first-order valence-corrected chi connectivity index (χ1v) is 10.2. The Morgan fingerprint density at radius 3 is 3.03 bits per heavy atom. The van der Waals surface area contributed by atoms with Crippen LogP contribution in [0.3, 0.4) is 0 Å². The Morgan fingerprint density at radius 1 is 1.16 bits per heavy atom. The van der Waals surface area contributed by atoms with Crippen LogP contribution in [0.2, 0.25) is 0 Å². The maximum absolute atomic E-state index is 12.4. The summed E-state index contributed by atoms with van der Waals surface area (Å²) in [7, 11) is 0. The van der Waals surface area contributed by atoms with E-state index >= 15 is 0 Å². The van der Waals surface area contributed by atoms with Crippen LogP contribution in [0, 0.1) is 6.92 Å². The van der Waals surface area contributed by atoms with Crippen molar-refractivity contribution in [2.75, 3.05) is 0 Å². The average molecular weight is 413 g/mol. The Balaban J connectivity index is 1.57. The molecular formula is C21H19N9O. The number of imidazole rings is 1. The lowest BCUT2D eigenvalue weighted by Gasteiger charge is -2.08. The van der Waals surface area contributed by atoms with Crippen LogP contribution >= 0.6 is 0 Å². The first-order chi connectivity index (χ1) is 15.2. The number of nitrogens with zero attached hydrogens (tertiary/aromatic N) is 8. The fraction of sp³-hybridized carbons (Fsp3) is 0.286. The van der Waals surface area contributed by atoms with Gasteiger partial charge in [0.05, 0.1) is 47.8 Å². The SMILES string of the molecule is Cc1nn2cc1C1=NCc3ncc(nc31)-c1c(nc3ncccn13)CNC(=O)CCC2. The van der Waals surface area contributed by atoms with Gasteiger partial charge in [0.25, 0.3) is 0 Å². The van der Waals surface area contributed by atoms with Crippen LogP contribution in [0.15, 0.2) is 35.8 Å². The summed E-state index contributed by atoms with van der Waals surface area (Å²) in [4.78, 5) is 35.7. The number of hydrogen-bond acceptors (Lipinski definition) is 7. The molecule has 0 spiro atoms. The van der Waals surface area contributed by atoms with Crippen molar-refractivity contribution in [1.29, 1.82) is 0 Å². The minimum Gasteiger partial charge on any atom is -0.350 e. The van der Waals surface area contributed by atoms with E-state index in [4.69, 9.17) is 9.98 Å². The minimum absolute atomic E-state index is 0.0274. The van der Waals surface area contributed by atoms with E-state index in [0.29, 0.717) is 49.6 Å². The predicted octanol–water partition coefficient (Wildman–Crippen LogP) is 1.45. The smallest absolute Gasteiger partial charge is 0.234 e. The predicted molar refractivity (Wildman–Crippen MR) is 111 cm³/mol.